The van der Waals surface area contributed by atoms with Crippen molar-refractivity contribution >= 4 is 97.7 Å². The number of aromatic nitrogens is 1. The molecule has 542 valence electrons. The highest BCUT2D eigenvalue weighted by molar-refractivity contribution is 8.76. The fraction of sp³-hybridized carbons (Fsp3) is 0.530. The third-order valence-corrected chi connectivity index (χ3v) is 19.6. The summed E-state index contributed by atoms with van der Waals surface area (Å²) >= 11 is 0. The van der Waals surface area contributed by atoms with Crippen LogP contribution in [0.4, 0.5) is 0 Å². The number of phenols is 1. The summed E-state index contributed by atoms with van der Waals surface area (Å²) in [5.74, 6) is -11.4. The van der Waals surface area contributed by atoms with Gasteiger partial charge in [0, 0.05) is 86.0 Å². The SMILES string of the molecule is C[C@@H](O)C1NC(=O)[C@H](CCCCN)NC(=O)[C@@H](Cc2c[nH]c3ccccc23)NC(=O)C(Cc2ccc(O)cc2)NC(=O)[C@@H](NC(=O)[C@@H](Cc2ccccc2)NC(=O)CCCCC2(N(C)CC(=O)O)CN(CC(=O)O)CCN(CC(=O)O)C2)CSSCC(C(=O)N[C@H](CO)[C@@H](C)O)NC1=O. The lowest BCUT2D eigenvalue weighted by molar-refractivity contribution is -0.142. The number of aliphatic hydroxyl groups excluding tert-OH is 3. The molecule has 8 amide bonds. The predicted molar refractivity (Wildman–Crippen MR) is 367 cm³/mol. The number of H-pyrrole nitrogens is 1. The van der Waals surface area contributed by atoms with E-state index in [0.29, 0.717) is 34.0 Å². The van der Waals surface area contributed by atoms with Crippen LogP contribution in [0.2, 0.25) is 0 Å². The Bertz CT molecular complexity index is 3360. The molecule has 0 bridgehead atoms. The van der Waals surface area contributed by atoms with Crippen molar-refractivity contribution in [3.63, 3.8) is 0 Å². The number of nitrogens with one attached hydrogen (secondary N) is 9. The van der Waals surface area contributed by atoms with E-state index in [4.69, 9.17) is 5.73 Å². The molecular weight excluding hydrogens is 1330 g/mol. The summed E-state index contributed by atoms with van der Waals surface area (Å²) in [6, 6.07) is 9.43. The first kappa shape index (κ1) is 79.6. The van der Waals surface area contributed by atoms with E-state index in [-0.39, 0.29) is 108 Å². The van der Waals surface area contributed by atoms with E-state index in [2.05, 4.69) is 47.5 Å². The number of rotatable bonds is 30. The van der Waals surface area contributed by atoms with E-state index in [1.165, 1.54) is 38.1 Å². The number of benzene rings is 3. The van der Waals surface area contributed by atoms with Gasteiger partial charge in [-0.3, -0.25) is 67.4 Å². The quantitative estimate of drug-likeness (QED) is 0.0201. The number of nitrogens with two attached hydrogens (primary N) is 1. The highest BCUT2D eigenvalue weighted by Gasteiger charge is 2.42. The van der Waals surface area contributed by atoms with Gasteiger partial charge < -0.3 is 89.0 Å². The van der Waals surface area contributed by atoms with Gasteiger partial charge in [-0.05, 0) is 94.4 Å². The molecule has 2 fully saturated rings. The van der Waals surface area contributed by atoms with Gasteiger partial charge in [0.25, 0.3) is 0 Å². The standard InChI is InChI=1S/C66H93N13O18S2/c1-39(81)51(34-80)73-64(96)53-36-99-98-35-52(74-60(92)48(27-41-13-5-4-6-14-41)69-54(84)18-9-11-23-66(77(3)31-55(85)86)37-78(32-56(87)88)25-26-79(38-66)33-57(89)90)63(95)71-49(28-42-19-21-44(83)22-20-42)61(93)72-50(29-43-30-68-46-16-8-7-15-45(43)46)62(94)70-47(17-10-12-24-67)59(91)76-58(40(2)82)65(97)75-53/h4-8,13-16,19-22,30,39-40,47-53,58,68,80-83H,9-12,17-18,23-29,31-38,67H2,1-3H3,(H,69,84)(H,70,94)(H,71,95)(H,72,93)(H,73,96)(H,74,92)(H,75,97)(H,76,91)(H,85,86)(H,87,88)(H,89,90)/t39-,40-,47+,48-,49?,50-,51-,52+,53?,58?/m1/s1. The van der Waals surface area contributed by atoms with Crippen LogP contribution < -0.4 is 48.3 Å². The molecule has 3 aromatic carbocycles. The van der Waals surface area contributed by atoms with Gasteiger partial charge >= 0.3 is 17.9 Å². The third-order valence-electron chi connectivity index (χ3n) is 17.2. The Morgan fingerprint density at radius 2 is 1.29 bits per heavy atom. The fourth-order valence-corrected chi connectivity index (χ4v) is 14.1. The van der Waals surface area contributed by atoms with Crippen molar-refractivity contribution in [1.29, 1.82) is 0 Å². The number of carboxylic acid groups (broad SMARTS) is 3. The lowest BCUT2D eigenvalue weighted by Gasteiger charge is -2.44. The minimum Gasteiger partial charge on any atom is -0.508 e. The summed E-state index contributed by atoms with van der Waals surface area (Å²) in [5.41, 5.74) is 6.99. The van der Waals surface area contributed by atoms with Crippen LogP contribution in [0.15, 0.2) is 85.1 Å². The van der Waals surface area contributed by atoms with Crippen LogP contribution >= 0.6 is 21.6 Å². The molecule has 33 heteroatoms. The van der Waals surface area contributed by atoms with Crippen LogP contribution in [-0.2, 0) is 72.0 Å². The Kier molecular flexibility index (Phi) is 31.7. The molecule has 1 aromatic heterocycles. The number of likely N-dealkylation sites (N-methyl/N-ethyl adjacent to an activating group) is 1. The van der Waals surface area contributed by atoms with E-state index in [1.54, 1.807) is 82.5 Å². The second-order valence-electron chi connectivity index (χ2n) is 25.1. The zero-order chi connectivity index (χ0) is 72.3. The van der Waals surface area contributed by atoms with Gasteiger partial charge in [0.05, 0.1) is 44.5 Å². The molecule has 6 rings (SSSR count). The number of hydrogen-bond donors (Lipinski definition) is 17. The van der Waals surface area contributed by atoms with Crippen LogP contribution in [0.1, 0.15) is 75.5 Å². The summed E-state index contributed by atoms with van der Waals surface area (Å²) < 4.78 is 0. The topological polar surface area (TPSA) is 477 Å². The predicted octanol–water partition coefficient (Wildman–Crippen LogP) is -1.84. The Morgan fingerprint density at radius 3 is 1.91 bits per heavy atom. The van der Waals surface area contributed by atoms with Crippen molar-refractivity contribution in [2.75, 3.05) is 77.5 Å². The van der Waals surface area contributed by atoms with Crippen LogP contribution in [-0.4, -0.2) is 264 Å². The van der Waals surface area contributed by atoms with E-state index in [0.717, 1.165) is 21.6 Å². The largest absolute Gasteiger partial charge is 0.508 e. The minimum absolute atomic E-state index is 0.0497. The van der Waals surface area contributed by atoms with Gasteiger partial charge in [0.15, 0.2) is 0 Å². The number of unbranched alkanes of at least 4 members (excludes halogenated alkanes) is 2. The van der Waals surface area contributed by atoms with Crippen LogP contribution in [0.3, 0.4) is 0 Å². The molecule has 31 nitrogen and oxygen atoms in total. The number of para-hydroxylation sites is 1. The Morgan fingerprint density at radius 1 is 0.687 bits per heavy atom. The minimum atomic E-state index is -1.77. The van der Waals surface area contributed by atoms with Crippen LogP contribution in [0.25, 0.3) is 10.9 Å². The third kappa shape index (κ3) is 25.4. The van der Waals surface area contributed by atoms with Crippen molar-refractivity contribution in [3.05, 3.63) is 102 Å². The van der Waals surface area contributed by atoms with Gasteiger partial charge in [-0.25, -0.2) is 0 Å². The lowest BCUT2D eigenvalue weighted by atomic mass is 9.88. The first-order chi connectivity index (χ1) is 47.2. The molecule has 10 atom stereocenters. The maximum atomic E-state index is 15.2. The number of carbonyl (C=O) groups is 11. The fourth-order valence-electron chi connectivity index (χ4n) is 11.8. The lowest BCUT2D eigenvalue weighted by Crippen LogP contribution is -2.62. The monoisotopic (exact) mass is 1420 g/mol. The number of amides is 8. The number of phenolic OH excluding ortho intramolecular Hbond substituents is 1. The Labute approximate surface area is 580 Å². The smallest absolute Gasteiger partial charge is 0.317 e. The van der Waals surface area contributed by atoms with Gasteiger partial charge in [-0.2, -0.15) is 0 Å². The summed E-state index contributed by atoms with van der Waals surface area (Å²) in [4.78, 5) is 161. The number of carbonyl (C=O) groups excluding carboxylic acids is 8. The van der Waals surface area contributed by atoms with Crippen molar-refractivity contribution in [1.82, 2.24) is 62.2 Å². The van der Waals surface area contributed by atoms with E-state index >= 15 is 14.4 Å². The number of aromatic amines is 1. The van der Waals surface area contributed by atoms with E-state index < -0.39 is 157 Å². The zero-order valence-corrected chi connectivity index (χ0v) is 57.2. The number of fused-ring (bicyclic) bond motifs is 1. The average molecular weight is 1420 g/mol. The number of aliphatic hydroxyl groups is 3. The van der Waals surface area contributed by atoms with E-state index in [9.17, 15) is 74.1 Å². The molecule has 2 saturated heterocycles. The number of carboxylic acids is 3. The molecule has 2 aliphatic rings. The van der Waals surface area contributed by atoms with Gasteiger partial charge in [0.1, 0.15) is 48.0 Å². The Balaban J connectivity index is 1.37. The summed E-state index contributed by atoms with van der Waals surface area (Å²) in [5, 5.41) is 93.4. The summed E-state index contributed by atoms with van der Waals surface area (Å²) in [6.07, 6.45) is -0.827. The number of nitrogens with zero attached hydrogens (tertiary/aromatic N) is 3. The molecule has 2 aliphatic heterocycles. The van der Waals surface area contributed by atoms with Gasteiger partial charge in [-0.15, -0.1) is 0 Å². The molecule has 0 radical (unpaired) electrons. The molecule has 18 N–H and O–H groups in total. The van der Waals surface area contributed by atoms with Crippen LogP contribution in [0.5, 0.6) is 5.75 Å². The molecule has 0 spiro atoms. The van der Waals surface area contributed by atoms with E-state index in [1.807, 2.05) is 0 Å². The molecular formula is C66H93N13O18S2. The zero-order valence-electron chi connectivity index (χ0n) is 55.6. The molecule has 0 saturated carbocycles. The summed E-state index contributed by atoms with van der Waals surface area (Å²) in [6.45, 7) is 1.21. The van der Waals surface area contributed by atoms with Crippen molar-refractivity contribution in [2.45, 2.75) is 144 Å². The Hall–Kier alpha value is -8.41. The normalized spacial score (nSPS) is 21.6. The average Bonchev–Trinajstić information content (AvgIpc) is 1.77. The first-order valence-electron chi connectivity index (χ1n) is 32.7. The van der Waals surface area contributed by atoms with Gasteiger partial charge in [-0.1, -0.05) is 88.7 Å². The maximum Gasteiger partial charge on any atom is 0.317 e. The van der Waals surface area contributed by atoms with Crippen molar-refractivity contribution < 1.29 is 88.5 Å². The molecule has 3 heterocycles. The van der Waals surface area contributed by atoms with Crippen LogP contribution in [0, 0.1) is 0 Å². The maximum absolute atomic E-state index is 15.2. The number of aromatic hydroxyl groups is 1. The first-order valence-corrected chi connectivity index (χ1v) is 35.2. The highest BCUT2D eigenvalue weighted by Crippen LogP contribution is 2.29. The highest BCUT2D eigenvalue weighted by atomic mass is 33.1. The molecule has 3 unspecified atom stereocenters. The summed E-state index contributed by atoms with van der Waals surface area (Å²) in [7, 11) is 3.39. The van der Waals surface area contributed by atoms with Gasteiger partial charge in [0.2, 0.25) is 47.3 Å². The second-order valence-corrected chi connectivity index (χ2v) is 27.6. The molecule has 4 aromatic rings. The number of hydrogen-bond acceptors (Lipinski definition) is 21. The van der Waals surface area contributed by atoms with Crippen molar-refractivity contribution in [3.8, 4) is 5.75 Å². The molecule has 0 aliphatic carbocycles. The number of aliphatic carboxylic acids is 3. The second kappa shape index (κ2) is 39.4. The van der Waals surface area contributed by atoms with Crippen molar-refractivity contribution in [2.24, 2.45) is 5.73 Å². The molecule has 99 heavy (non-hydrogen) atoms.